The second-order valence-electron chi connectivity index (χ2n) is 6.37. The SMILES string of the molecule is CCN(CC)CCOc1ccc(NC(=O)c2cc3cc(OC)ccc3o2)cc1. The van der Waals surface area contributed by atoms with Crippen LogP contribution in [-0.4, -0.2) is 44.2 Å². The number of nitrogens with zero attached hydrogens (tertiary/aromatic N) is 1. The molecule has 148 valence electrons. The first-order valence-electron chi connectivity index (χ1n) is 9.47. The molecule has 0 saturated heterocycles. The van der Waals surface area contributed by atoms with Crippen molar-refractivity contribution in [3.8, 4) is 11.5 Å². The highest BCUT2D eigenvalue weighted by Crippen LogP contribution is 2.25. The highest BCUT2D eigenvalue weighted by molar-refractivity contribution is 6.04. The van der Waals surface area contributed by atoms with E-state index in [1.54, 1.807) is 25.3 Å². The van der Waals surface area contributed by atoms with E-state index < -0.39 is 0 Å². The maximum absolute atomic E-state index is 12.5. The second kappa shape index (κ2) is 9.28. The van der Waals surface area contributed by atoms with Gasteiger partial charge in [0.15, 0.2) is 5.76 Å². The van der Waals surface area contributed by atoms with Gasteiger partial charge in [-0.3, -0.25) is 4.79 Å². The van der Waals surface area contributed by atoms with Crippen LogP contribution in [0.4, 0.5) is 5.69 Å². The number of amides is 1. The predicted octanol–water partition coefficient (Wildman–Crippen LogP) is 4.41. The van der Waals surface area contributed by atoms with E-state index in [1.807, 2.05) is 30.3 Å². The molecule has 0 aliphatic rings. The van der Waals surface area contributed by atoms with E-state index in [9.17, 15) is 4.79 Å². The van der Waals surface area contributed by atoms with Crippen LogP contribution in [-0.2, 0) is 0 Å². The van der Waals surface area contributed by atoms with Gasteiger partial charge in [-0.2, -0.15) is 0 Å². The van der Waals surface area contributed by atoms with Crippen molar-refractivity contribution in [3.05, 3.63) is 54.3 Å². The number of carbonyl (C=O) groups is 1. The smallest absolute Gasteiger partial charge is 0.291 e. The van der Waals surface area contributed by atoms with E-state index in [0.717, 1.165) is 36.5 Å². The van der Waals surface area contributed by atoms with Gasteiger partial charge in [0.05, 0.1) is 7.11 Å². The van der Waals surface area contributed by atoms with Gasteiger partial charge < -0.3 is 24.1 Å². The van der Waals surface area contributed by atoms with Crippen molar-refractivity contribution in [2.24, 2.45) is 0 Å². The van der Waals surface area contributed by atoms with E-state index in [2.05, 4.69) is 24.1 Å². The first-order valence-corrected chi connectivity index (χ1v) is 9.47. The van der Waals surface area contributed by atoms with Crippen molar-refractivity contribution in [2.75, 3.05) is 38.7 Å². The Balaban J connectivity index is 1.58. The molecule has 3 rings (SSSR count). The number of ether oxygens (including phenoxy) is 2. The molecule has 0 bridgehead atoms. The number of anilines is 1. The lowest BCUT2D eigenvalue weighted by atomic mass is 10.2. The first kappa shape index (κ1) is 19.8. The quantitative estimate of drug-likeness (QED) is 0.594. The number of hydrogen-bond donors (Lipinski definition) is 1. The minimum absolute atomic E-state index is 0.253. The Labute approximate surface area is 165 Å². The van der Waals surface area contributed by atoms with Crippen molar-refractivity contribution in [1.29, 1.82) is 0 Å². The summed E-state index contributed by atoms with van der Waals surface area (Å²) < 4.78 is 16.6. The Hall–Kier alpha value is -2.99. The summed E-state index contributed by atoms with van der Waals surface area (Å²) in [5, 5.41) is 3.66. The van der Waals surface area contributed by atoms with Crippen LogP contribution >= 0.6 is 0 Å². The number of carbonyl (C=O) groups excluding carboxylic acids is 1. The average Bonchev–Trinajstić information content (AvgIpc) is 3.16. The molecule has 1 heterocycles. The van der Waals surface area contributed by atoms with Crippen molar-refractivity contribution < 1.29 is 18.7 Å². The summed E-state index contributed by atoms with van der Waals surface area (Å²) in [6, 6.07) is 14.5. The highest BCUT2D eigenvalue weighted by atomic mass is 16.5. The molecule has 0 radical (unpaired) electrons. The fourth-order valence-electron chi connectivity index (χ4n) is 2.92. The first-order chi connectivity index (χ1) is 13.6. The lowest BCUT2D eigenvalue weighted by Crippen LogP contribution is -2.27. The Kier molecular flexibility index (Phi) is 6.55. The summed E-state index contributed by atoms with van der Waals surface area (Å²) in [5.74, 6) is 1.45. The molecule has 1 amide bonds. The van der Waals surface area contributed by atoms with E-state index in [1.165, 1.54) is 0 Å². The Bertz CT molecular complexity index is 914. The average molecular weight is 382 g/mol. The highest BCUT2D eigenvalue weighted by Gasteiger charge is 2.13. The van der Waals surface area contributed by atoms with E-state index in [-0.39, 0.29) is 11.7 Å². The van der Waals surface area contributed by atoms with Gasteiger partial charge in [-0.25, -0.2) is 0 Å². The molecular formula is C22H26N2O4. The fourth-order valence-corrected chi connectivity index (χ4v) is 2.92. The molecule has 2 aromatic carbocycles. The number of rotatable bonds is 9. The molecule has 1 aromatic heterocycles. The summed E-state index contributed by atoms with van der Waals surface area (Å²) in [7, 11) is 1.60. The molecular weight excluding hydrogens is 356 g/mol. The van der Waals surface area contributed by atoms with Crippen molar-refractivity contribution in [1.82, 2.24) is 4.90 Å². The second-order valence-corrected chi connectivity index (χ2v) is 6.37. The largest absolute Gasteiger partial charge is 0.497 e. The number of likely N-dealkylation sites (N-methyl/N-ethyl adjacent to an activating group) is 1. The van der Waals surface area contributed by atoms with Gasteiger partial charge in [0, 0.05) is 17.6 Å². The minimum Gasteiger partial charge on any atom is -0.497 e. The van der Waals surface area contributed by atoms with Crippen LogP contribution < -0.4 is 14.8 Å². The van der Waals surface area contributed by atoms with Crippen LogP contribution in [0, 0.1) is 0 Å². The zero-order valence-electron chi connectivity index (χ0n) is 16.5. The molecule has 0 aliphatic carbocycles. The minimum atomic E-state index is -0.301. The zero-order chi connectivity index (χ0) is 19.9. The molecule has 0 fully saturated rings. The molecule has 6 heteroatoms. The van der Waals surface area contributed by atoms with Gasteiger partial charge in [0.2, 0.25) is 0 Å². The monoisotopic (exact) mass is 382 g/mol. The molecule has 0 spiro atoms. The van der Waals surface area contributed by atoms with Crippen LogP contribution in [0.1, 0.15) is 24.4 Å². The summed E-state index contributed by atoms with van der Waals surface area (Å²) in [6.07, 6.45) is 0. The van der Waals surface area contributed by atoms with Crippen molar-refractivity contribution >= 4 is 22.6 Å². The van der Waals surface area contributed by atoms with Crippen LogP contribution in [0.3, 0.4) is 0 Å². The predicted molar refractivity (Wildman–Crippen MR) is 110 cm³/mol. The molecule has 1 N–H and O–H groups in total. The van der Waals surface area contributed by atoms with Crippen molar-refractivity contribution in [3.63, 3.8) is 0 Å². The number of nitrogens with one attached hydrogen (secondary N) is 1. The Morgan fingerprint density at radius 2 is 1.75 bits per heavy atom. The maximum atomic E-state index is 12.5. The molecule has 0 saturated carbocycles. The van der Waals surface area contributed by atoms with E-state index in [4.69, 9.17) is 13.9 Å². The topological polar surface area (TPSA) is 63.9 Å². The Morgan fingerprint density at radius 1 is 1.04 bits per heavy atom. The summed E-state index contributed by atoms with van der Waals surface area (Å²) >= 11 is 0. The number of furan rings is 1. The molecule has 28 heavy (non-hydrogen) atoms. The lowest BCUT2D eigenvalue weighted by Gasteiger charge is -2.18. The van der Waals surface area contributed by atoms with Gasteiger partial charge >= 0.3 is 0 Å². The van der Waals surface area contributed by atoms with Crippen LogP contribution in [0.25, 0.3) is 11.0 Å². The van der Waals surface area contributed by atoms with Gasteiger partial charge in [-0.05, 0) is 61.6 Å². The third kappa shape index (κ3) is 4.84. The standard InChI is InChI=1S/C22H26N2O4/c1-4-24(5-2)12-13-27-18-8-6-17(7-9-18)23-22(25)21-15-16-14-19(26-3)10-11-20(16)28-21/h6-11,14-15H,4-5,12-13H2,1-3H3,(H,23,25). The number of benzene rings is 2. The van der Waals surface area contributed by atoms with Gasteiger partial charge in [0.25, 0.3) is 5.91 Å². The third-order valence-electron chi connectivity index (χ3n) is 4.63. The summed E-state index contributed by atoms with van der Waals surface area (Å²) in [6.45, 7) is 7.83. The Morgan fingerprint density at radius 3 is 2.43 bits per heavy atom. The number of methoxy groups -OCH3 is 1. The maximum Gasteiger partial charge on any atom is 0.291 e. The van der Waals surface area contributed by atoms with Gasteiger partial charge in [-0.15, -0.1) is 0 Å². The fraction of sp³-hybridized carbons (Fsp3) is 0.318. The third-order valence-corrected chi connectivity index (χ3v) is 4.63. The lowest BCUT2D eigenvalue weighted by molar-refractivity contribution is 0.0998. The van der Waals surface area contributed by atoms with Crippen LogP contribution in [0.15, 0.2) is 52.9 Å². The molecule has 3 aromatic rings. The molecule has 0 aliphatic heterocycles. The van der Waals surface area contributed by atoms with E-state index >= 15 is 0 Å². The van der Waals surface area contributed by atoms with E-state index in [0.29, 0.717) is 17.9 Å². The van der Waals surface area contributed by atoms with Gasteiger partial charge in [0.1, 0.15) is 23.7 Å². The zero-order valence-corrected chi connectivity index (χ0v) is 16.5. The summed E-state index contributed by atoms with van der Waals surface area (Å²) in [4.78, 5) is 14.8. The molecule has 6 nitrogen and oxygen atoms in total. The molecule has 0 unspecified atom stereocenters. The molecule has 0 atom stereocenters. The number of fused-ring (bicyclic) bond motifs is 1. The van der Waals surface area contributed by atoms with Gasteiger partial charge in [-0.1, -0.05) is 13.8 Å². The normalized spacial score (nSPS) is 11.0. The van der Waals surface area contributed by atoms with Crippen molar-refractivity contribution in [2.45, 2.75) is 13.8 Å². The summed E-state index contributed by atoms with van der Waals surface area (Å²) in [5.41, 5.74) is 1.32. The number of hydrogen-bond acceptors (Lipinski definition) is 5. The van der Waals surface area contributed by atoms with Crippen LogP contribution in [0.5, 0.6) is 11.5 Å². The van der Waals surface area contributed by atoms with Crippen LogP contribution in [0.2, 0.25) is 0 Å².